The van der Waals surface area contributed by atoms with E-state index in [-0.39, 0.29) is 21.7 Å². The van der Waals surface area contributed by atoms with Gasteiger partial charge in [0.05, 0.1) is 18.6 Å². The van der Waals surface area contributed by atoms with Crippen molar-refractivity contribution in [2.24, 2.45) is 0 Å². The van der Waals surface area contributed by atoms with Gasteiger partial charge >= 0.3 is 5.97 Å². The molecule has 2 heterocycles. The molecule has 1 aliphatic heterocycles. The quantitative estimate of drug-likeness (QED) is 0.612. The van der Waals surface area contributed by atoms with Crippen LogP contribution in [0.4, 0.5) is 0 Å². The second-order valence-corrected chi connectivity index (χ2v) is 9.17. The predicted octanol–water partition coefficient (Wildman–Crippen LogP) is -1.77. The van der Waals surface area contributed by atoms with E-state index in [4.69, 9.17) is 4.74 Å². The van der Waals surface area contributed by atoms with E-state index in [1.54, 1.807) is 11.8 Å². The number of carbonyl (C=O) groups excluding carboxylic acids is 1. The molecular formula is C14H22N3O5S2+. The zero-order chi connectivity index (χ0) is 17.9. The van der Waals surface area contributed by atoms with E-state index in [9.17, 15) is 18.0 Å². The lowest BCUT2D eigenvalue weighted by molar-refractivity contribution is -0.920. The molecule has 1 fully saturated rings. The number of sulfonamides is 1. The van der Waals surface area contributed by atoms with Crippen molar-refractivity contribution in [1.29, 1.82) is 0 Å². The van der Waals surface area contributed by atoms with E-state index in [0.29, 0.717) is 13.2 Å². The van der Waals surface area contributed by atoms with E-state index >= 15 is 0 Å². The Balaban J connectivity index is 2.21. The van der Waals surface area contributed by atoms with Crippen LogP contribution >= 0.6 is 11.8 Å². The lowest BCUT2D eigenvalue weighted by Gasteiger charge is -2.28. The largest absolute Gasteiger partial charge is 0.468 e. The van der Waals surface area contributed by atoms with Gasteiger partial charge in [-0.1, -0.05) is 0 Å². The summed E-state index contributed by atoms with van der Waals surface area (Å²) in [7, 11) is 0.646. The van der Waals surface area contributed by atoms with Gasteiger partial charge in [-0.05, 0) is 6.07 Å². The maximum atomic E-state index is 12.2. The molecule has 8 nitrogen and oxygen atoms in total. The molecule has 10 heteroatoms. The van der Waals surface area contributed by atoms with Crippen molar-refractivity contribution < 1.29 is 22.8 Å². The number of thioether (sulfide) groups is 1. The molecule has 0 aliphatic carbocycles. The van der Waals surface area contributed by atoms with Crippen molar-refractivity contribution in [3.8, 4) is 0 Å². The highest BCUT2D eigenvalue weighted by Crippen LogP contribution is 2.13. The van der Waals surface area contributed by atoms with Gasteiger partial charge in [0, 0.05) is 32.1 Å². The van der Waals surface area contributed by atoms with Gasteiger partial charge in [0.1, 0.15) is 6.54 Å². The monoisotopic (exact) mass is 376 g/mol. The minimum atomic E-state index is -3.60. The molecule has 0 spiro atoms. The third-order valence-corrected chi connectivity index (χ3v) is 6.84. The molecular weight excluding hydrogens is 354 g/mol. The topological polar surface area (TPSA) is 90.1 Å². The van der Waals surface area contributed by atoms with E-state index in [0.717, 1.165) is 21.5 Å². The minimum absolute atomic E-state index is 0.0717. The molecule has 24 heavy (non-hydrogen) atoms. The van der Waals surface area contributed by atoms with E-state index in [1.165, 1.54) is 44.1 Å². The van der Waals surface area contributed by atoms with Crippen LogP contribution < -0.4 is 10.5 Å². The summed E-state index contributed by atoms with van der Waals surface area (Å²) in [6.45, 7) is 1.63. The van der Waals surface area contributed by atoms with Gasteiger partial charge in [0.25, 0.3) is 5.56 Å². The lowest BCUT2D eigenvalue weighted by atomic mass is 10.3. The van der Waals surface area contributed by atoms with E-state index < -0.39 is 10.0 Å². The number of aromatic nitrogens is 1. The molecule has 0 saturated carbocycles. The van der Waals surface area contributed by atoms with E-state index in [2.05, 4.69) is 0 Å². The molecule has 1 unspecified atom stereocenters. The fourth-order valence-corrected chi connectivity index (χ4v) is 4.63. The number of pyridine rings is 1. The van der Waals surface area contributed by atoms with Crippen LogP contribution in [-0.4, -0.2) is 68.6 Å². The van der Waals surface area contributed by atoms with Crippen LogP contribution in [0.1, 0.15) is 0 Å². The van der Waals surface area contributed by atoms with Gasteiger partial charge in [0.15, 0.2) is 11.9 Å². The summed E-state index contributed by atoms with van der Waals surface area (Å²) in [5.74, 6) is 0.507. The van der Waals surface area contributed by atoms with Crippen LogP contribution in [0.15, 0.2) is 28.0 Å². The highest BCUT2D eigenvalue weighted by Gasteiger charge is 2.30. The Labute approximate surface area is 145 Å². The first-order valence-electron chi connectivity index (χ1n) is 7.41. The summed E-state index contributed by atoms with van der Waals surface area (Å²) in [5, 5.41) is -0.261. The fraction of sp³-hybridized carbons (Fsp3) is 0.571. The number of carbonyl (C=O) groups is 1. The van der Waals surface area contributed by atoms with Crippen molar-refractivity contribution in [2.45, 2.75) is 16.8 Å². The Bertz CT molecular complexity index is 760. The van der Waals surface area contributed by atoms with Crippen LogP contribution in [0.25, 0.3) is 0 Å². The summed E-state index contributed by atoms with van der Waals surface area (Å²) in [6, 6.07) is 2.57. The number of esters is 1. The van der Waals surface area contributed by atoms with Crippen molar-refractivity contribution in [2.75, 3.05) is 40.0 Å². The number of quaternary nitrogens is 1. The predicted molar refractivity (Wildman–Crippen MR) is 90.5 cm³/mol. The van der Waals surface area contributed by atoms with Crippen LogP contribution in [0.3, 0.4) is 0 Å². The summed E-state index contributed by atoms with van der Waals surface area (Å²) in [6.07, 6.45) is 1.36. The Hall–Kier alpha value is -1.36. The average molecular weight is 376 g/mol. The normalized spacial score (nSPS) is 21.7. The molecule has 1 aromatic rings. The summed E-state index contributed by atoms with van der Waals surface area (Å²) in [5.41, 5.74) is -0.270. The van der Waals surface area contributed by atoms with Crippen molar-refractivity contribution >= 4 is 27.8 Å². The second kappa shape index (κ2) is 7.68. The molecule has 0 bridgehead atoms. The van der Waals surface area contributed by atoms with Gasteiger partial charge in [-0.3, -0.25) is 14.2 Å². The number of rotatable bonds is 5. The second-order valence-electron chi connectivity index (χ2n) is 5.71. The Morgan fingerprint density at radius 2 is 2.17 bits per heavy atom. The van der Waals surface area contributed by atoms with Crippen LogP contribution in [-0.2, 0) is 26.2 Å². The standard InChI is InChI=1S/C14H21N3O5S2/c1-15(2)24(20,21)11-4-5-13(18)17(8-11)10-16-6-7-23-12(9-16)14(19)22-3/h4-5,8,12H,6-7,9-10H2,1-3H3/p+1/t12-/m1/s1. The first kappa shape index (κ1) is 19.0. The SMILES string of the molecule is COC(=O)[C@H]1C[NH+](Cn2cc(S(=O)(=O)N(C)C)ccc2=O)CCS1. The Morgan fingerprint density at radius 1 is 1.46 bits per heavy atom. The third-order valence-electron chi connectivity index (χ3n) is 3.84. The highest BCUT2D eigenvalue weighted by atomic mass is 32.2. The Morgan fingerprint density at radius 3 is 2.79 bits per heavy atom. The lowest BCUT2D eigenvalue weighted by Crippen LogP contribution is -3.14. The van der Waals surface area contributed by atoms with Gasteiger partial charge in [-0.2, -0.15) is 0 Å². The summed E-state index contributed by atoms with van der Waals surface area (Å²) < 4.78 is 31.7. The maximum Gasteiger partial charge on any atom is 0.324 e. The van der Waals surface area contributed by atoms with Crippen molar-refractivity contribution in [1.82, 2.24) is 8.87 Å². The molecule has 0 aromatic carbocycles. The van der Waals surface area contributed by atoms with Gasteiger partial charge in [0.2, 0.25) is 10.0 Å². The first-order chi connectivity index (χ1) is 11.3. The van der Waals surface area contributed by atoms with Crippen molar-refractivity contribution in [3.05, 3.63) is 28.7 Å². The molecule has 1 saturated heterocycles. The van der Waals surface area contributed by atoms with Gasteiger partial charge < -0.3 is 9.64 Å². The molecule has 1 aliphatic rings. The molecule has 2 atom stereocenters. The van der Waals surface area contributed by atoms with Crippen LogP contribution in [0, 0.1) is 0 Å². The van der Waals surface area contributed by atoms with Gasteiger partial charge in [-0.15, -0.1) is 11.8 Å². The zero-order valence-electron chi connectivity index (χ0n) is 13.9. The van der Waals surface area contributed by atoms with Crippen LogP contribution in [0.5, 0.6) is 0 Å². The number of hydrogen-bond acceptors (Lipinski definition) is 6. The molecule has 1 N–H and O–H groups in total. The molecule has 0 radical (unpaired) electrons. The average Bonchev–Trinajstić information content (AvgIpc) is 2.56. The smallest absolute Gasteiger partial charge is 0.324 e. The number of ether oxygens (including phenoxy) is 1. The minimum Gasteiger partial charge on any atom is -0.468 e. The molecule has 0 amide bonds. The van der Waals surface area contributed by atoms with Gasteiger partial charge in [-0.25, -0.2) is 12.7 Å². The molecule has 2 rings (SSSR count). The van der Waals surface area contributed by atoms with Crippen molar-refractivity contribution in [3.63, 3.8) is 0 Å². The number of nitrogens with one attached hydrogen (secondary N) is 1. The number of methoxy groups -OCH3 is 1. The number of hydrogen-bond donors (Lipinski definition) is 1. The fourth-order valence-electron chi connectivity index (χ4n) is 2.43. The molecule has 134 valence electrons. The highest BCUT2D eigenvalue weighted by molar-refractivity contribution is 8.00. The number of nitrogens with zero attached hydrogens (tertiary/aromatic N) is 2. The first-order valence-corrected chi connectivity index (χ1v) is 9.90. The third kappa shape index (κ3) is 4.18. The van der Waals surface area contributed by atoms with E-state index in [1.807, 2.05) is 0 Å². The summed E-state index contributed by atoms with van der Waals surface area (Å²) >= 11 is 1.54. The van der Waals surface area contributed by atoms with Crippen LogP contribution in [0.2, 0.25) is 0 Å². The summed E-state index contributed by atoms with van der Waals surface area (Å²) in [4.78, 5) is 24.8. The molecule has 1 aromatic heterocycles. The zero-order valence-corrected chi connectivity index (χ0v) is 15.5. The maximum absolute atomic E-state index is 12.2. The Kier molecular flexibility index (Phi) is 6.07.